The predicted molar refractivity (Wildman–Crippen MR) is 107 cm³/mol. The Kier molecular flexibility index (Phi) is 6.69. The van der Waals surface area contributed by atoms with Crippen LogP contribution in [0.5, 0.6) is 17.2 Å². The third kappa shape index (κ3) is 4.15. The zero-order valence-electron chi connectivity index (χ0n) is 17.5. The molecule has 2 heterocycles. The second-order valence-electron chi connectivity index (χ2n) is 7.56. The minimum Gasteiger partial charge on any atom is -0.493 e. The first-order valence-corrected chi connectivity index (χ1v) is 10.1. The van der Waals surface area contributed by atoms with Gasteiger partial charge in [-0.3, -0.25) is 9.59 Å². The molecule has 164 valence electrons. The Morgan fingerprint density at radius 1 is 1.00 bits per heavy atom. The highest BCUT2D eigenvalue weighted by atomic mass is 16.5. The molecule has 0 spiro atoms. The van der Waals surface area contributed by atoms with Crippen molar-refractivity contribution in [2.24, 2.45) is 0 Å². The van der Waals surface area contributed by atoms with E-state index in [0.29, 0.717) is 36.5 Å². The highest BCUT2D eigenvalue weighted by Gasteiger charge is 2.43. The Morgan fingerprint density at radius 2 is 1.63 bits per heavy atom. The molecule has 9 heteroatoms. The summed E-state index contributed by atoms with van der Waals surface area (Å²) < 4.78 is 15.9. The van der Waals surface area contributed by atoms with E-state index < -0.39 is 24.0 Å². The zero-order valence-corrected chi connectivity index (χ0v) is 17.5. The summed E-state index contributed by atoms with van der Waals surface area (Å²) in [4.78, 5) is 39.2. The molecule has 9 nitrogen and oxygen atoms in total. The lowest BCUT2D eigenvalue weighted by molar-refractivity contribution is -0.151. The van der Waals surface area contributed by atoms with Gasteiger partial charge in [0.05, 0.1) is 21.3 Å². The number of carboxylic acid groups (broad SMARTS) is 1. The molecule has 2 N–H and O–H groups in total. The van der Waals surface area contributed by atoms with Crippen LogP contribution in [0.3, 0.4) is 0 Å². The summed E-state index contributed by atoms with van der Waals surface area (Å²) in [6, 6.07) is 1.34. The monoisotopic (exact) mass is 420 g/mol. The molecule has 2 fully saturated rings. The molecule has 2 saturated heterocycles. The number of carboxylic acids is 1. The SMILES string of the molecule is COc1cc(C(=O)N[C@H]2CCCC[C@H]3CC[C@@H](C(=O)O)N3C2=O)cc(OC)c1OC. The number of aliphatic carboxylic acids is 1. The van der Waals surface area contributed by atoms with Gasteiger partial charge in [0.2, 0.25) is 11.7 Å². The third-order valence-corrected chi connectivity index (χ3v) is 5.85. The molecule has 0 aromatic heterocycles. The van der Waals surface area contributed by atoms with Gasteiger partial charge in [-0.2, -0.15) is 0 Å². The number of ether oxygens (including phenoxy) is 3. The van der Waals surface area contributed by atoms with Gasteiger partial charge in [0, 0.05) is 11.6 Å². The lowest BCUT2D eigenvalue weighted by Crippen LogP contribution is -2.54. The molecule has 1 aromatic rings. The van der Waals surface area contributed by atoms with Crippen LogP contribution in [-0.4, -0.2) is 67.2 Å². The normalized spacial score (nSPS) is 23.8. The predicted octanol–water partition coefficient (Wildman–Crippen LogP) is 1.83. The number of nitrogens with one attached hydrogen (secondary N) is 1. The number of hydrogen-bond donors (Lipinski definition) is 2. The van der Waals surface area contributed by atoms with E-state index in [4.69, 9.17) is 14.2 Å². The number of carbonyl (C=O) groups is 3. The van der Waals surface area contributed by atoms with Crippen molar-refractivity contribution in [3.05, 3.63) is 17.7 Å². The lowest BCUT2D eigenvalue weighted by Gasteiger charge is -2.34. The van der Waals surface area contributed by atoms with Gasteiger partial charge in [0.15, 0.2) is 11.5 Å². The molecule has 0 saturated carbocycles. The molecule has 2 aliphatic rings. The zero-order chi connectivity index (χ0) is 21.8. The van der Waals surface area contributed by atoms with E-state index in [1.54, 1.807) is 0 Å². The van der Waals surface area contributed by atoms with E-state index >= 15 is 0 Å². The molecular formula is C21H28N2O7. The van der Waals surface area contributed by atoms with E-state index in [-0.39, 0.29) is 17.5 Å². The molecule has 0 radical (unpaired) electrons. The third-order valence-electron chi connectivity index (χ3n) is 5.85. The average Bonchev–Trinajstić information content (AvgIpc) is 3.16. The topological polar surface area (TPSA) is 114 Å². The molecule has 3 atom stereocenters. The standard InChI is InChI=1S/C21H28N2O7/c1-28-16-10-12(11-17(29-2)18(16)30-3)19(24)22-14-7-5-4-6-13-8-9-15(21(26)27)23(13)20(14)25/h10-11,13-15H,4-9H2,1-3H3,(H,22,24)(H,26,27)/t13-,14-,15-/m0/s1. The van der Waals surface area contributed by atoms with E-state index in [2.05, 4.69) is 5.32 Å². The van der Waals surface area contributed by atoms with Gasteiger partial charge >= 0.3 is 5.97 Å². The number of amides is 2. The Balaban J connectivity index is 1.84. The van der Waals surface area contributed by atoms with Gasteiger partial charge in [0.25, 0.3) is 5.91 Å². The van der Waals surface area contributed by atoms with Crippen molar-refractivity contribution in [3.8, 4) is 17.2 Å². The van der Waals surface area contributed by atoms with Crippen LogP contribution in [0.25, 0.3) is 0 Å². The Bertz CT molecular complexity index is 801. The van der Waals surface area contributed by atoms with Crippen LogP contribution < -0.4 is 19.5 Å². The van der Waals surface area contributed by atoms with Crippen molar-refractivity contribution in [2.75, 3.05) is 21.3 Å². The van der Waals surface area contributed by atoms with Gasteiger partial charge in [0.1, 0.15) is 12.1 Å². The van der Waals surface area contributed by atoms with Gasteiger partial charge in [-0.15, -0.1) is 0 Å². The number of rotatable bonds is 6. The van der Waals surface area contributed by atoms with Crippen molar-refractivity contribution in [1.29, 1.82) is 0 Å². The van der Waals surface area contributed by atoms with E-state index in [9.17, 15) is 19.5 Å². The van der Waals surface area contributed by atoms with E-state index in [0.717, 1.165) is 19.3 Å². The largest absolute Gasteiger partial charge is 0.493 e. The van der Waals surface area contributed by atoms with Crippen molar-refractivity contribution < 1.29 is 33.7 Å². The number of carbonyl (C=O) groups excluding carboxylic acids is 2. The van der Waals surface area contributed by atoms with Crippen LogP contribution in [-0.2, 0) is 9.59 Å². The summed E-state index contributed by atoms with van der Waals surface area (Å²) >= 11 is 0. The number of methoxy groups -OCH3 is 3. The molecule has 1 aromatic carbocycles. The number of hydrogen-bond acceptors (Lipinski definition) is 6. The molecule has 0 bridgehead atoms. The summed E-state index contributed by atoms with van der Waals surface area (Å²) in [5, 5.41) is 12.3. The number of nitrogens with zero attached hydrogens (tertiary/aromatic N) is 1. The van der Waals surface area contributed by atoms with E-state index in [1.807, 2.05) is 0 Å². The van der Waals surface area contributed by atoms with Gasteiger partial charge in [-0.1, -0.05) is 12.8 Å². The lowest BCUT2D eigenvalue weighted by atomic mass is 9.98. The Morgan fingerprint density at radius 3 is 2.20 bits per heavy atom. The minimum atomic E-state index is -0.999. The maximum absolute atomic E-state index is 13.2. The second-order valence-corrected chi connectivity index (χ2v) is 7.56. The summed E-state index contributed by atoms with van der Waals surface area (Å²) in [5.41, 5.74) is 0.257. The molecule has 0 unspecified atom stereocenters. The van der Waals surface area contributed by atoms with Crippen LogP contribution >= 0.6 is 0 Å². The number of benzene rings is 1. The molecule has 30 heavy (non-hydrogen) atoms. The summed E-state index contributed by atoms with van der Waals surface area (Å²) in [6.07, 6.45) is 4.05. The number of fused-ring (bicyclic) bond motifs is 1. The minimum absolute atomic E-state index is 0.0838. The quantitative estimate of drug-likeness (QED) is 0.722. The second kappa shape index (κ2) is 9.23. The fourth-order valence-electron chi connectivity index (χ4n) is 4.36. The van der Waals surface area contributed by atoms with Crippen LogP contribution in [0.15, 0.2) is 12.1 Å². The fraction of sp³-hybridized carbons (Fsp3) is 0.571. The molecule has 3 rings (SSSR count). The van der Waals surface area contributed by atoms with Crippen LogP contribution in [0, 0.1) is 0 Å². The molecule has 0 aliphatic carbocycles. The van der Waals surface area contributed by atoms with Crippen molar-refractivity contribution in [1.82, 2.24) is 10.2 Å². The van der Waals surface area contributed by atoms with Crippen molar-refractivity contribution in [2.45, 2.75) is 56.7 Å². The highest BCUT2D eigenvalue weighted by molar-refractivity contribution is 5.99. The van der Waals surface area contributed by atoms with Crippen LogP contribution in [0.1, 0.15) is 48.9 Å². The first-order chi connectivity index (χ1) is 14.4. The fourth-order valence-corrected chi connectivity index (χ4v) is 4.36. The maximum atomic E-state index is 13.2. The average molecular weight is 420 g/mol. The van der Waals surface area contributed by atoms with Crippen molar-refractivity contribution in [3.63, 3.8) is 0 Å². The van der Waals surface area contributed by atoms with Gasteiger partial charge in [-0.25, -0.2) is 4.79 Å². The van der Waals surface area contributed by atoms with Gasteiger partial charge in [-0.05, 0) is 37.8 Å². The summed E-state index contributed by atoms with van der Waals surface area (Å²) in [5.74, 6) is -0.766. The Hall–Kier alpha value is -2.97. The molecule has 2 amide bonds. The first kappa shape index (κ1) is 21.7. The highest BCUT2D eigenvalue weighted by Crippen LogP contribution is 2.38. The smallest absolute Gasteiger partial charge is 0.326 e. The van der Waals surface area contributed by atoms with Crippen LogP contribution in [0.2, 0.25) is 0 Å². The molecule has 2 aliphatic heterocycles. The maximum Gasteiger partial charge on any atom is 0.326 e. The summed E-state index contributed by atoms with van der Waals surface area (Å²) in [7, 11) is 4.38. The Labute approximate surface area is 175 Å². The van der Waals surface area contributed by atoms with Crippen molar-refractivity contribution >= 4 is 17.8 Å². The van der Waals surface area contributed by atoms with Gasteiger partial charge < -0.3 is 29.5 Å². The van der Waals surface area contributed by atoms with E-state index in [1.165, 1.54) is 38.4 Å². The summed E-state index contributed by atoms with van der Waals surface area (Å²) in [6.45, 7) is 0. The first-order valence-electron chi connectivity index (χ1n) is 10.1. The molecular weight excluding hydrogens is 392 g/mol. The van der Waals surface area contributed by atoms with Crippen LogP contribution in [0.4, 0.5) is 0 Å².